The van der Waals surface area contributed by atoms with Crippen molar-refractivity contribution >= 4 is 22.5 Å². The summed E-state index contributed by atoms with van der Waals surface area (Å²) < 4.78 is 0. The monoisotopic (exact) mass is 302 g/mol. The maximum Gasteiger partial charge on any atom is 0.255 e. The first-order valence-corrected chi connectivity index (χ1v) is 7.29. The van der Waals surface area contributed by atoms with Crippen LogP contribution >= 0.6 is 0 Å². The molecule has 5 heteroatoms. The Kier molecular flexibility index (Phi) is 3.16. The summed E-state index contributed by atoms with van der Waals surface area (Å²) in [4.78, 5) is 15.6. The molecule has 4 rings (SSSR count). The van der Waals surface area contributed by atoms with Crippen LogP contribution < -0.4 is 5.32 Å². The van der Waals surface area contributed by atoms with E-state index in [4.69, 9.17) is 0 Å². The molecule has 0 unspecified atom stereocenters. The number of carbonyl (C=O) groups excluding carboxylic acids is 1. The Morgan fingerprint density at radius 2 is 1.87 bits per heavy atom. The van der Waals surface area contributed by atoms with E-state index in [1.54, 1.807) is 6.20 Å². The molecule has 5 nitrogen and oxygen atoms in total. The van der Waals surface area contributed by atoms with Crippen LogP contribution in [0.5, 0.6) is 0 Å². The Balaban J connectivity index is 1.65. The van der Waals surface area contributed by atoms with Crippen molar-refractivity contribution in [1.29, 1.82) is 0 Å². The summed E-state index contributed by atoms with van der Waals surface area (Å²) in [6, 6.07) is 18.9. The highest BCUT2D eigenvalue weighted by Crippen LogP contribution is 2.23. The fourth-order valence-electron chi connectivity index (χ4n) is 2.54. The number of hydrogen-bond acceptors (Lipinski definition) is 2. The average molecular weight is 302 g/mol. The molecule has 0 saturated carbocycles. The predicted octanol–water partition coefficient (Wildman–Crippen LogP) is 3.81. The van der Waals surface area contributed by atoms with Crippen molar-refractivity contribution in [1.82, 2.24) is 15.2 Å². The summed E-state index contributed by atoms with van der Waals surface area (Å²) in [5, 5.41) is 10.9. The van der Waals surface area contributed by atoms with Crippen LogP contribution in [0.2, 0.25) is 0 Å². The number of para-hydroxylation sites is 1. The third-order valence-corrected chi connectivity index (χ3v) is 3.69. The Morgan fingerprint density at radius 1 is 1.00 bits per heavy atom. The average Bonchev–Trinajstić information content (AvgIpc) is 3.24. The van der Waals surface area contributed by atoms with Gasteiger partial charge in [-0.15, -0.1) is 0 Å². The van der Waals surface area contributed by atoms with Crippen LogP contribution in [-0.4, -0.2) is 21.1 Å². The molecule has 0 bridgehead atoms. The van der Waals surface area contributed by atoms with Crippen LogP contribution in [0.3, 0.4) is 0 Å². The van der Waals surface area contributed by atoms with Crippen LogP contribution in [0.1, 0.15) is 10.4 Å². The molecule has 0 saturated heterocycles. The number of anilines is 1. The Labute approximate surface area is 132 Å². The van der Waals surface area contributed by atoms with Crippen molar-refractivity contribution in [2.75, 3.05) is 5.32 Å². The quantitative estimate of drug-likeness (QED) is 0.538. The van der Waals surface area contributed by atoms with E-state index in [-0.39, 0.29) is 5.91 Å². The summed E-state index contributed by atoms with van der Waals surface area (Å²) in [6.45, 7) is 0. The number of fused-ring (bicyclic) bond motifs is 1. The molecule has 0 radical (unpaired) electrons. The highest BCUT2D eigenvalue weighted by Gasteiger charge is 2.10. The molecule has 3 N–H and O–H groups in total. The van der Waals surface area contributed by atoms with Gasteiger partial charge in [-0.25, -0.2) is 0 Å². The molecular weight excluding hydrogens is 288 g/mol. The van der Waals surface area contributed by atoms with Crippen LogP contribution in [0.15, 0.2) is 66.9 Å². The number of benzene rings is 2. The first-order valence-electron chi connectivity index (χ1n) is 7.29. The SMILES string of the molecule is O=C(Nc1ccccc1)c1ccc2cc(-c3cc[nH]n3)[nH]c2c1. The molecule has 0 aliphatic carbocycles. The van der Waals surface area contributed by atoms with E-state index in [2.05, 4.69) is 20.5 Å². The zero-order valence-electron chi connectivity index (χ0n) is 12.2. The van der Waals surface area contributed by atoms with E-state index in [0.717, 1.165) is 28.0 Å². The molecule has 4 aromatic rings. The molecule has 0 aliphatic rings. The van der Waals surface area contributed by atoms with Gasteiger partial charge >= 0.3 is 0 Å². The Hall–Kier alpha value is -3.34. The lowest BCUT2D eigenvalue weighted by Gasteiger charge is -2.04. The second-order valence-corrected chi connectivity index (χ2v) is 5.26. The van der Waals surface area contributed by atoms with Crippen LogP contribution in [0, 0.1) is 0 Å². The molecular formula is C18H14N4O. The summed E-state index contributed by atoms with van der Waals surface area (Å²) >= 11 is 0. The highest BCUT2D eigenvalue weighted by molar-refractivity contribution is 6.06. The van der Waals surface area contributed by atoms with Crippen molar-refractivity contribution in [3.8, 4) is 11.4 Å². The summed E-state index contributed by atoms with van der Waals surface area (Å²) in [5.74, 6) is -0.131. The topological polar surface area (TPSA) is 73.6 Å². The van der Waals surface area contributed by atoms with Crippen LogP contribution in [-0.2, 0) is 0 Å². The van der Waals surface area contributed by atoms with Crippen LogP contribution in [0.25, 0.3) is 22.3 Å². The first-order chi connectivity index (χ1) is 11.3. The van der Waals surface area contributed by atoms with Gasteiger partial charge < -0.3 is 10.3 Å². The zero-order chi connectivity index (χ0) is 15.6. The van der Waals surface area contributed by atoms with Gasteiger partial charge in [0.25, 0.3) is 5.91 Å². The molecule has 2 heterocycles. The summed E-state index contributed by atoms with van der Waals surface area (Å²) in [6.07, 6.45) is 1.78. The minimum atomic E-state index is -0.131. The van der Waals surface area contributed by atoms with Gasteiger partial charge in [0.2, 0.25) is 0 Å². The van der Waals surface area contributed by atoms with Gasteiger partial charge in [0, 0.05) is 28.4 Å². The van der Waals surface area contributed by atoms with E-state index in [9.17, 15) is 4.79 Å². The molecule has 2 aromatic carbocycles. The van der Waals surface area contributed by atoms with Crippen molar-refractivity contribution in [2.24, 2.45) is 0 Å². The van der Waals surface area contributed by atoms with Crippen molar-refractivity contribution in [2.45, 2.75) is 0 Å². The smallest absolute Gasteiger partial charge is 0.255 e. The standard InChI is InChI=1S/C18H14N4O/c23-18(20-14-4-2-1-3-5-14)13-7-6-12-10-17(21-16(12)11-13)15-8-9-19-22-15/h1-11,21H,(H,19,22)(H,20,23). The lowest BCUT2D eigenvalue weighted by Crippen LogP contribution is -2.11. The lowest BCUT2D eigenvalue weighted by molar-refractivity contribution is 0.102. The number of nitrogens with one attached hydrogen (secondary N) is 3. The molecule has 23 heavy (non-hydrogen) atoms. The first kappa shape index (κ1) is 13.3. The largest absolute Gasteiger partial charge is 0.353 e. The number of aromatic amines is 2. The van der Waals surface area contributed by atoms with Gasteiger partial charge in [-0.1, -0.05) is 24.3 Å². The molecule has 0 spiro atoms. The number of nitrogens with zero attached hydrogens (tertiary/aromatic N) is 1. The third kappa shape index (κ3) is 2.60. The van der Waals surface area contributed by atoms with E-state index < -0.39 is 0 Å². The predicted molar refractivity (Wildman–Crippen MR) is 90.3 cm³/mol. The van der Waals surface area contributed by atoms with E-state index in [1.807, 2.05) is 60.7 Å². The number of amides is 1. The van der Waals surface area contributed by atoms with Crippen molar-refractivity contribution in [3.63, 3.8) is 0 Å². The molecule has 1 amide bonds. The molecule has 2 aromatic heterocycles. The van der Waals surface area contributed by atoms with E-state index in [0.29, 0.717) is 5.56 Å². The van der Waals surface area contributed by atoms with Crippen molar-refractivity contribution < 1.29 is 4.79 Å². The molecule has 0 fully saturated rings. The van der Waals surface area contributed by atoms with Gasteiger partial charge in [-0.2, -0.15) is 5.10 Å². The van der Waals surface area contributed by atoms with Crippen LogP contribution in [0.4, 0.5) is 5.69 Å². The van der Waals surface area contributed by atoms with Gasteiger partial charge in [-0.05, 0) is 36.4 Å². The number of carbonyl (C=O) groups is 1. The van der Waals surface area contributed by atoms with Gasteiger partial charge in [-0.3, -0.25) is 9.89 Å². The minimum absolute atomic E-state index is 0.131. The zero-order valence-corrected chi connectivity index (χ0v) is 12.2. The fraction of sp³-hybridized carbons (Fsp3) is 0. The Bertz CT molecular complexity index is 955. The number of H-pyrrole nitrogens is 2. The molecule has 0 atom stereocenters. The molecule has 112 valence electrons. The van der Waals surface area contributed by atoms with Crippen molar-refractivity contribution in [3.05, 3.63) is 72.4 Å². The second kappa shape index (κ2) is 5.46. The Morgan fingerprint density at radius 3 is 2.65 bits per heavy atom. The second-order valence-electron chi connectivity index (χ2n) is 5.26. The maximum absolute atomic E-state index is 12.4. The minimum Gasteiger partial charge on any atom is -0.353 e. The maximum atomic E-state index is 12.4. The van der Waals surface area contributed by atoms with E-state index >= 15 is 0 Å². The van der Waals surface area contributed by atoms with E-state index in [1.165, 1.54) is 0 Å². The third-order valence-electron chi connectivity index (χ3n) is 3.69. The lowest BCUT2D eigenvalue weighted by atomic mass is 10.1. The number of aromatic nitrogens is 3. The van der Waals surface area contributed by atoms with Gasteiger partial charge in [0.1, 0.15) is 5.69 Å². The molecule has 0 aliphatic heterocycles. The highest BCUT2D eigenvalue weighted by atomic mass is 16.1. The normalized spacial score (nSPS) is 10.8. The number of hydrogen-bond donors (Lipinski definition) is 3. The number of rotatable bonds is 3. The summed E-state index contributed by atoms with van der Waals surface area (Å²) in [7, 11) is 0. The van der Waals surface area contributed by atoms with Gasteiger partial charge in [0.05, 0.1) is 5.69 Å². The van der Waals surface area contributed by atoms with Gasteiger partial charge in [0.15, 0.2) is 0 Å². The fourth-order valence-corrected chi connectivity index (χ4v) is 2.54. The summed E-state index contributed by atoms with van der Waals surface area (Å²) in [5.41, 5.74) is 4.06.